The van der Waals surface area contributed by atoms with Crippen molar-refractivity contribution in [1.29, 1.82) is 0 Å². The Morgan fingerprint density at radius 2 is 0.500 bits per heavy atom. The standard InChI is InChI=1S/C38H22O2S4.C36H22O2S6/c1-19-3-7-21(8-4-19)29-11-13-31(41-29)33-17-27-35(39)23-16-26-24(15-25(23)37(27)43-33)36(40)28-18-34(44-38(26)28)32-14-12-30(42-32)22-9-5-20(2)6-10-22;1-15-5-7-21(39-15)23-9-11-25(41-23)27-13-19-33(37)29-18(4)32-30(17(3)31(29)35(19)43-27)34(38)20-14-28(44-36(20)32)26-12-10-24(42-26)22-8-6-16(2)40-22/h3-18H,1-2H3;5-14H,1-4H3. The molecular weight excluding hydrogens is 1270 g/mol. The first-order valence-corrected chi connectivity index (χ1v) is 36.6. The normalized spacial score (nSPS) is 12.2. The van der Waals surface area contributed by atoms with E-state index < -0.39 is 0 Å². The monoisotopic (exact) mass is 1320 g/mol. The van der Waals surface area contributed by atoms with Crippen LogP contribution >= 0.6 is 113 Å². The van der Waals surface area contributed by atoms with Crippen LogP contribution in [0.25, 0.3) is 163 Å². The lowest BCUT2D eigenvalue weighted by atomic mass is 9.99. The molecule has 0 bridgehead atoms. The van der Waals surface area contributed by atoms with Gasteiger partial charge in [-0.05, 0) is 173 Å². The van der Waals surface area contributed by atoms with E-state index in [9.17, 15) is 19.2 Å². The number of rotatable bonds is 8. The highest BCUT2D eigenvalue weighted by Crippen LogP contribution is 2.50. The molecule has 88 heavy (non-hydrogen) atoms. The molecule has 0 aliphatic carbocycles. The van der Waals surface area contributed by atoms with Crippen molar-refractivity contribution < 1.29 is 0 Å². The molecule has 0 unspecified atom stereocenters. The van der Waals surface area contributed by atoms with Crippen LogP contribution in [-0.2, 0) is 0 Å². The summed E-state index contributed by atoms with van der Waals surface area (Å²) in [6.07, 6.45) is 0. The zero-order valence-electron chi connectivity index (χ0n) is 47.7. The molecule has 4 nitrogen and oxygen atoms in total. The molecule has 0 saturated heterocycles. The van der Waals surface area contributed by atoms with Crippen molar-refractivity contribution in [3.8, 4) is 79.4 Å². The minimum Gasteiger partial charge on any atom is -0.289 e. The fraction of sp³-hybridized carbons (Fsp3) is 0.0811. The minimum absolute atomic E-state index is 0.0503. The number of hydrogen-bond acceptors (Lipinski definition) is 14. The minimum atomic E-state index is 0.0503. The summed E-state index contributed by atoms with van der Waals surface area (Å²) in [6.45, 7) is 12.5. The molecule has 0 radical (unpaired) electrons. The maximum absolute atomic E-state index is 14.0. The predicted molar refractivity (Wildman–Crippen MR) is 393 cm³/mol. The van der Waals surface area contributed by atoms with Crippen molar-refractivity contribution in [3.63, 3.8) is 0 Å². The Kier molecular flexibility index (Phi) is 12.8. The van der Waals surface area contributed by atoms with Crippen LogP contribution in [0, 0.1) is 41.5 Å². The molecule has 10 heterocycles. The van der Waals surface area contributed by atoms with Gasteiger partial charge in [0.25, 0.3) is 0 Å². The molecule has 0 aliphatic heterocycles. The van der Waals surface area contributed by atoms with E-state index in [0.29, 0.717) is 10.8 Å². The third-order valence-electron chi connectivity index (χ3n) is 17.0. The van der Waals surface area contributed by atoms with E-state index in [4.69, 9.17) is 0 Å². The summed E-state index contributed by atoms with van der Waals surface area (Å²) in [5, 5.41) is 9.69. The highest BCUT2D eigenvalue weighted by atomic mass is 32.1. The Balaban J connectivity index is 0.000000137. The molecule has 0 saturated carbocycles. The summed E-state index contributed by atoms with van der Waals surface area (Å²) >= 11 is 17.3. The Bertz CT molecular complexity index is 5730. The molecule has 0 spiro atoms. The van der Waals surface area contributed by atoms with Gasteiger partial charge in [0.05, 0.1) is 0 Å². The summed E-state index contributed by atoms with van der Waals surface area (Å²) in [6, 6.07) is 55.3. The van der Waals surface area contributed by atoms with Crippen molar-refractivity contribution in [3.05, 3.63) is 231 Å². The first kappa shape index (κ1) is 54.7. The van der Waals surface area contributed by atoms with Gasteiger partial charge in [0.15, 0.2) is 21.7 Å². The van der Waals surface area contributed by atoms with E-state index in [2.05, 4.69) is 161 Å². The summed E-state index contributed by atoms with van der Waals surface area (Å²) in [5.74, 6) is 0. The lowest BCUT2D eigenvalue weighted by Crippen LogP contribution is -2.00. The topological polar surface area (TPSA) is 68.3 Å². The molecule has 8 aromatic carbocycles. The summed E-state index contributed by atoms with van der Waals surface area (Å²) in [7, 11) is 0. The largest absolute Gasteiger partial charge is 0.289 e. The number of aryl methyl sites for hydroxylation is 6. The molecule has 0 atom stereocenters. The summed E-state index contributed by atoms with van der Waals surface area (Å²) in [4.78, 5) is 74.6. The number of benzene rings is 4. The smallest absolute Gasteiger partial charge is 0.195 e. The molecule has 0 fully saturated rings. The third-order valence-corrected chi connectivity index (χ3v) is 29.2. The maximum Gasteiger partial charge on any atom is 0.195 e. The second-order valence-electron chi connectivity index (χ2n) is 22.6. The first-order chi connectivity index (χ1) is 42.7. The van der Waals surface area contributed by atoms with E-state index in [0.717, 1.165) is 113 Å². The van der Waals surface area contributed by atoms with E-state index >= 15 is 0 Å². The lowest BCUT2D eigenvalue weighted by molar-refractivity contribution is 1.48. The van der Waals surface area contributed by atoms with Crippen molar-refractivity contribution >= 4 is 197 Å². The van der Waals surface area contributed by atoms with Crippen molar-refractivity contribution in [2.45, 2.75) is 41.5 Å². The molecule has 0 aliphatic rings. The van der Waals surface area contributed by atoms with Crippen molar-refractivity contribution in [2.24, 2.45) is 0 Å². The van der Waals surface area contributed by atoms with Gasteiger partial charge in [-0.3, -0.25) is 19.2 Å². The van der Waals surface area contributed by atoms with Crippen molar-refractivity contribution in [2.75, 3.05) is 0 Å². The molecular formula is C74H44O4S10. The molecule has 10 aromatic heterocycles. The summed E-state index contributed by atoms with van der Waals surface area (Å²) in [5.41, 5.74) is 7.02. The van der Waals surface area contributed by atoms with Crippen LogP contribution in [0.2, 0.25) is 0 Å². The maximum atomic E-state index is 14.0. The lowest BCUT2D eigenvalue weighted by Gasteiger charge is -2.05. The van der Waals surface area contributed by atoms with Crippen LogP contribution in [-0.4, -0.2) is 0 Å². The van der Waals surface area contributed by atoms with Crippen LogP contribution in [0.1, 0.15) is 32.0 Å². The van der Waals surface area contributed by atoms with Crippen LogP contribution in [0.5, 0.6) is 0 Å². The number of hydrogen-bond donors (Lipinski definition) is 0. The third kappa shape index (κ3) is 8.59. The van der Waals surface area contributed by atoms with Gasteiger partial charge >= 0.3 is 0 Å². The zero-order valence-corrected chi connectivity index (χ0v) is 55.9. The Labute approximate surface area is 543 Å². The van der Waals surface area contributed by atoms with Crippen LogP contribution < -0.4 is 21.7 Å². The van der Waals surface area contributed by atoms with Gasteiger partial charge in [-0.2, -0.15) is 0 Å². The highest BCUT2D eigenvalue weighted by Gasteiger charge is 2.27. The fourth-order valence-corrected chi connectivity index (χ4v) is 23.7. The second-order valence-corrected chi connectivity index (χ2v) is 33.8. The predicted octanol–water partition coefficient (Wildman–Crippen LogP) is 23.6. The van der Waals surface area contributed by atoms with Crippen LogP contribution in [0.15, 0.2) is 177 Å². The SMILES string of the molecule is Cc1ccc(-c2ccc(-c3cc4c(=O)c5c(C)c6c(c(C)c5c4s3)c(=O)c3cc(-c4ccc(-c5ccc(C)s5)s4)sc36)s2)s1.Cc1ccc(-c2ccc(-c3cc4c(=O)c5cc6c(cc5c4s3)c(=O)c3cc(-c4ccc(-c5ccc(C)cc5)s4)sc36)s2)cc1. The van der Waals surface area contributed by atoms with E-state index in [1.54, 1.807) is 113 Å². The van der Waals surface area contributed by atoms with Gasteiger partial charge in [0.2, 0.25) is 0 Å². The van der Waals surface area contributed by atoms with E-state index in [1.165, 1.54) is 71.0 Å². The van der Waals surface area contributed by atoms with Gasteiger partial charge in [0, 0.05) is 161 Å². The van der Waals surface area contributed by atoms with Gasteiger partial charge in [-0.15, -0.1) is 113 Å². The van der Waals surface area contributed by atoms with Crippen LogP contribution in [0.3, 0.4) is 0 Å². The average Bonchev–Trinajstić information content (AvgIpc) is 1.56. The van der Waals surface area contributed by atoms with Gasteiger partial charge in [-0.25, -0.2) is 0 Å². The van der Waals surface area contributed by atoms with Crippen molar-refractivity contribution in [1.82, 2.24) is 0 Å². The molecule has 0 amide bonds. The molecule has 14 heteroatoms. The number of thiophene rings is 10. The molecule has 18 rings (SSSR count). The highest BCUT2D eigenvalue weighted by molar-refractivity contribution is 7.31. The Hall–Kier alpha value is -7.44. The van der Waals surface area contributed by atoms with Crippen LogP contribution in [0.4, 0.5) is 0 Å². The Morgan fingerprint density at radius 3 is 0.841 bits per heavy atom. The van der Waals surface area contributed by atoms with E-state index in [-0.39, 0.29) is 21.7 Å². The Morgan fingerprint density at radius 1 is 0.216 bits per heavy atom. The average molecular weight is 1320 g/mol. The molecule has 0 N–H and O–H groups in total. The second kappa shape index (κ2) is 20.6. The summed E-state index contributed by atoms with van der Waals surface area (Å²) < 4.78 is 3.95. The van der Waals surface area contributed by atoms with E-state index in [1.807, 2.05) is 38.1 Å². The van der Waals surface area contributed by atoms with Gasteiger partial charge in [-0.1, -0.05) is 59.7 Å². The number of fused-ring (bicyclic) bond motifs is 12. The van der Waals surface area contributed by atoms with Gasteiger partial charge < -0.3 is 0 Å². The quantitative estimate of drug-likeness (QED) is 0.152. The zero-order chi connectivity index (χ0) is 59.7. The molecule has 424 valence electrons. The van der Waals surface area contributed by atoms with Gasteiger partial charge in [0.1, 0.15) is 0 Å². The first-order valence-electron chi connectivity index (χ1n) is 28.5. The fourth-order valence-electron chi connectivity index (χ4n) is 12.6. The molecule has 18 aromatic rings.